The monoisotopic (exact) mass is 389 g/mol. The van der Waals surface area contributed by atoms with Crippen LogP contribution in [0.1, 0.15) is 58.3 Å². The molecule has 0 aromatic heterocycles. The van der Waals surface area contributed by atoms with Gasteiger partial charge in [0.05, 0.1) is 0 Å². The van der Waals surface area contributed by atoms with Gasteiger partial charge < -0.3 is 24.7 Å². The molecule has 24 heavy (non-hydrogen) atoms. The molecule has 0 aromatic carbocycles. The Hall–Kier alpha value is -0.270. The van der Waals surface area contributed by atoms with E-state index in [1.807, 2.05) is 0 Å². The topological polar surface area (TPSA) is 156 Å². The number of aliphatic carboxylic acids is 1. The van der Waals surface area contributed by atoms with Gasteiger partial charge in [-0.2, -0.15) is 0 Å². The van der Waals surface area contributed by atoms with E-state index in [1.54, 1.807) is 0 Å². The van der Waals surface area contributed by atoms with Crippen LogP contribution in [0.3, 0.4) is 0 Å². The average molecular weight is 389 g/mol. The molecule has 0 heterocycles. The second kappa shape index (κ2) is 11.4. The highest BCUT2D eigenvalue weighted by Gasteiger charge is 2.31. The molecule has 0 spiro atoms. The standard InChI is InChI=1S/C13H29NO8P2/c1-2-3-4-5-6-7-12(8-9-13(15)16)14(10-23(17,18)19)11-24(20,21)22/h12H,2-11H2,1H3,(H,15,16)(H2,17,18,19)(H2,20,21,22). The fourth-order valence-electron chi connectivity index (χ4n) is 2.53. The van der Waals surface area contributed by atoms with Crippen LogP contribution in [-0.4, -0.2) is 54.2 Å². The molecule has 0 aromatic rings. The van der Waals surface area contributed by atoms with E-state index in [0.717, 1.165) is 30.6 Å². The Labute approximate surface area is 142 Å². The fourth-order valence-corrected chi connectivity index (χ4v) is 4.30. The highest BCUT2D eigenvalue weighted by molar-refractivity contribution is 7.52. The van der Waals surface area contributed by atoms with E-state index in [0.29, 0.717) is 12.8 Å². The van der Waals surface area contributed by atoms with Crippen molar-refractivity contribution >= 4 is 21.2 Å². The third-order valence-electron chi connectivity index (χ3n) is 3.58. The van der Waals surface area contributed by atoms with Gasteiger partial charge in [0.1, 0.15) is 12.6 Å². The summed E-state index contributed by atoms with van der Waals surface area (Å²) in [4.78, 5) is 48.4. The van der Waals surface area contributed by atoms with Crippen molar-refractivity contribution in [3.8, 4) is 0 Å². The molecule has 0 aliphatic rings. The maximum Gasteiger partial charge on any atom is 0.339 e. The number of hydrogen-bond donors (Lipinski definition) is 5. The van der Waals surface area contributed by atoms with E-state index in [2.05, 4.69) is 6.92 Å². The Balaban J connectivity index is 4.97. The van der Waals surface area contributed by atoms with E-state index in [-0.39, 0.29) is 12.8 Å². The molecule has 0 saturated heterocycles. The minimum Gasteiger partial charge on any atom is -0.481 e. The minimum atomic E-state index is -4.52. The summed E-state index contributed by atoms with van der Waals surface area (Å²) in [6.07, 6.45) is 3.44. The highest BCUT2D eigenvalue weighted by Crippen LogP contribution is 2.42. The predicted molar refractivity (Wildman–Crippen MR) is 89.7 cm³/mol. The normalized spacial score (nSPS) is 14.1. The zero-order valence-corrected chi connectivity index (χ0v) is 15.7. The van der Waals surface area contributed by atoms with Crippen LogP contribution < -0.4 is 0 Å². The number of rotatable bonds is 14. The van der Waals surface area contributed by atoms with Crippen molar-refractivity contribution < 1.29 is 38.6 Å². The summed E-state index contributed by atoms with van der Waals surface area (Å²) in [5.41, 5.74) is 0. The van der Waals surface area contributed by atoms with Crippen LogP contribution in [0, 0.1) is 0 Å². The molecular weight excluding hydrogens is 360 g/mol. The molecule has 0 aliphatic carbocycles. The molecule has 0 amide bonds. The van der Waals surface area contributed by atoms with Gasteiger partial charge in [0.15, 0.2) is 0 Å². The maximum atomic E-state index is 11.3. The lowest BCUT2D eigenvalue weighted by atomic mass is 10.0. The van der Waals surface area contributed by atoms with Gasteiger partial charge in [0, 0.05) is 12.5 Å². The first-order valence-corrected chi connectivity index (χ1v) is 11.6. The van der Waals surface area contributed by atoms with E-state index in [4.69, 9.17) is 24.7 Å². The van der Waals surface area contributed by atoms with Crippen LogP contribution in [0.4, 0.5) is 0 Å². The van der Waals surface area contributed by atoms with Crippen molar-refractivity contribution in [3.63, 3.8) is 0 Å². The number of carboxylic acid groups (broad SMARTS) is 1. The molecule has 0 saturated carbocycles. The first-order chi connectivity index (χ1) is 10.9. The van der Waals surface area contributed by atoms with Crippen molar-refractivity contribution in [2.24, 2.45) is 0 Å². The van der Waals surface area contributed by atoms with Crippen LogP contribution in [0.15, 0.2) is 0 Å². The first-order valence-electron chi connectivity index (χ1n) is 7.99. The summed E-state index contributed by atoms with van der Waals surface area (Å²) >= 11 is 0. The number of carbonyl (C=O) groups is 1. The van der Waals surface area contributed by atoms with Gasteiger partial charge in [-0.25, -0.2) is 0 Å². The van der Waals surface area contributed by atoms with Crippen molar-refractivity contribution in [1.82, 2.24) is 4.90 Å². The Kier molecular flexibility index (Phi) is 11.2. The molecule has 0 bridgehead atoms. The summed E-state index contributed by atoms with van der Waals surface area (Å²) in [5, 5.41) is 8.83. The molecule has 144 valence electrons. The maximum absolute atomic E-state index is 11.3. The van der Waals surface area contributed by atoms with Crippen LogP contribution in [0.5, 0.6) is 0 Å². The average Bonchev–Trinajstić information content (AvgIpc) is 2.37. The predicted octanol–water partition coefficient (Wildman–Crippen LogP) is 2.15. The Morgan fingerprint density at radius 1 is 0.917 bits per heavy atom. The van der Waals surface area contributed by atoms with Gasteiger partial charge in [-0.3, -0.25) is 18.8 Å². The van der Waals surface area contributed by atoms with Gasteiger partial charge in [-0.1, -0.05) is 39.0 Å². The molecule has 5 N–H and O–H groups in total. The summed E-state index contributed by atoms with van der Waals surface area (Å²) in [6.45, 7) is 2.07. The molecule has 0 aliphatic heterocycles. The van der Waals surface area contributed by atoms with Gasteiger partial charge in [-0.05, 0) is 12.8 Å². The third kappa shape index (κ3) is 14.1. The molecule has 0 radical (unpaired) electrons. The van der Waals surface area contributed by atoms with E-state index < -0.39 is 39.8 Å². The smallest absolute Gasteiger partial charge is 0.339 e. The number of carboxylic acids is 1. The second-order valence-corrected chi connectivity index (χ2v) is 9.21. The van der Waals surface area contributed by atoms with Crippen molar-refractivity contribution in [1.29, 1.82) is 0 Å². The van der Waals surface area contributed by atoms with Gasteiger partial charge in [0.2, 0.25) is 0 Å². The van der Waals surface area contributed by atoms with Crippen LogP contribution in [0.2, 0.25) is 0 Å². The summed E-state index contributed by atoms with van der Waals surface area (Å²) < 4.78 is 22.5. The van der Waals surface area contributed by atoms with Crippen LogP contribution >= 0.6 is 15.2 Å². The van der Waals surface area contributed by atoms with Crippen LogP contribution in [-0.2, 0) is 13.9 Å². The van der Waals surface area contributed by atoms with Gasteiger partial charge >= 0.3 is 21.2 Å². The lowest BCUT2D eigenvalue weighted by Gasteiger charge is -2.31. The molecule has 0 rings (SSSR count). The van der Waals surface area contributed by atoms with Crippen molar-refractivity contribution in [2.75, 3.05) is 12.6 Å². The zero-order valence-electron chi connectivity index (χ0n) is 14.0. The largest absolute Gasteiger partial charge is 0.481 e. The zero-order chi connectivity index (χ0) is 18.8. The van der Waals surface area contributed by atoms with Gasteiger partial charge in [-0.15, -0.1) is 0 Å². The third-order valence-corrected chi connectivity index (χ3v) is 5.04. The lowest BCUT2D eigenvalue weighted by molar-refractivity contribution is -0.137. The molecule has 1 unspecified atom stereocenters. The Morgan fingerprint density at radius 2 is 1.42 bits per heavy atom. The summed E-state index contributed by atoms with van der Waals surface area (Å²) in [7, 11) is -9.05. The minimum absolute atomic E-state index is 0.0864. The van der Waals surface area contributed by atoms with Gasteiger partial charge in [0.25, 0.3) is 0 Å². The van der Waals surface area contributed by atoms with Crippen LogP contribution in [0.25, 0.3) is 0 Å². The van der Waals surface area contributed by atoms with E-state index in [9.17, 15) is 13.9 Å². The fraction of sp³-hybridized carbons (Fsp3) is 0.923. The molecule has 1 atom stereocenters. The SMILES string of the molecule is CCCCCCCC(CCC(=O)O)N(CP(=O)(O)O)CP(=O)(O)O. The van der Waals surface area contributed by atoms with Crippen molar-refractivity contribution in [2.45, 2.75) is 64.3 Å². The Bertz CT molecular complexity index is 437. The number of hydrogen-bond acceptors (Lipinski definition) is 4. The molecule has 0 fully saturated rings. The first kappa shape index (κ1) is 23.7. The molecule has 9 nitrogen and oxygen atoms in total. The quantitative estimate of drug-likeness (QED) is 0.222. The molecular formula is C13H29NO8P2. The van der Waals surface area contributed by atoms with E-state index in [1.165, 1.54) is 0 Å². The summed E-state index contributed by atoms with van der Waals surface area (Å²) in [5.74, 6) is -1.06. The van der Waals surface area contributed by atoms with E-state index >= 15 is 0 Å². The van der Waals surface area contributed by atoms with Crippen molar-refractivity contribution in [3.05, 3.63) is 0 Å². The Morgan fingerprint density at radius 3 is 1.83 bits per heavy atom. The number of unbranched alkanes of at least 4 members (excludes halogenated alkanes) is 4. The second-order valence-electron chi connectivity index (χ2n) is 5.99. The summed E-state index contributed by atoms with van der Waals surface area (Å²) in [6, 6.07) is -0.594. The molecule has 11 heteroatoms. The highest BCUT2D eigenvalue weighted by atomic mass is 31.2. The lowest BCUT2D eigenvalue weighted by Crippen LogP contribution is -2.37. The number of nitrogens with zero attached hydrogens (tertiary/aromatic N) is 1.